The molecule has 6 rings (SSSR count). The molecule has 8 atom stereocenters. The van der Waals surface area contributed by atoms with E-state index in [1.165, 1.54) is 0 Å². The van der Waals surface area contributed by atoms with Crippen molar-refractivity contribution in [2.24, 2.45) is 45.1 Å². The molecule has 6 aliphatic rings. The Morgan fingerprint density at radius 1 is 1.03 bits per heavy atom. The van der Waals surface area contributed by atoms with Gasteiger partial charge in [-0.3, -0.25) is 9.59 Å². The molecule has 1 saturated heterocycles. The van der Waals surface area contributed by atoms with Crippen LogP contribution in [0.15, 0.2) is 11.3 Å². The molecule has 4 unspecified atom stereocenters. The van der Waals surface area contributed by atoms with E-state index in [1.54, 1.807) is 0 Å². The maximum absolute atomic E-state index is 13.0. The number of nitrogens with zero attached hydrogens (tertiary/aromatic N) is 1. The van der Waals surface area contributed by atoms with Crippen LogP contribution in [0.4, 0.5) is 0 Å². The van der Waals surface area contributed by atoms with Gasteiger partial charge in [-0.2, -0.15) is 5.26 Å². The number of Topliss-reactive ketones (excluding diaryl/α,β-unsaturated/α-hetero) is 1. The average Bonchev–Trinajstić information content (AvgIpc) is 3.33. The van der Waals surface area contributed by atoms with Gasteiger partial charge in [0.1, 0.15) is 5.60 Å². The first-order chi connectivity index (χ1) is 14.1. The molecule has 1 spiro atoms. The molecule has 0 aromatic heterocycles. The van der Waals surface area contributed by atoms with E-state index in [9.17, 15) is 14.9 Å². The molecule has 5 nitrogen and oxygen atoms in total. The number of nitriles is 1. The Balaban J connectivity index is 1.54. The molecule has 2 bridgehead atoms. The fourth-order valence-corrected chi connectivity index (χ4v) is 9.91. The number of ketones is 1. The number of nitrogens with two attached hydrogens (primary N) is 1. The molecule has 4 saturated carbocycles. The van der Waals surface area contributed by atoms with Crippen LogP contribution >= 0.6 is 0 Å². The summed E-state index contributed by atoms with van der Waals surface area (Å²) >= 11 is 0. The first kappa shape index (κ1) is 18.9. The van der Waals surface area contributed by atoms with Crippen LogP contribution in [0.5, 0.6) is 0 Å². The van der Waals surface area contributed by atoms with Gasteiger partial charge in [0.05, 0.1) is 11.5 Å². The molecule has 5 fully saturated rings. The van der Waals surface area contributed by atoms with Gasteiger partial charge in [0.2, 0.25) is 0 Å². The number of hydrogen-bond donors (Lipinski definition) is 1. The van der Waals surface area contributed by atoms with Crippen LogP contribution in [-0.2, 0) is 14.3 Å². The van der Waals surface area contributed by atoms with Crippen LogP contribution in [0, 0.1) is 50.7 Å². The fourth-order valence-electron chi connectivity index (χ4n) is 9.91. The lowest BCUT2D eigenvalue weighted by Gasteiger charge is -2.68. The summed E-state index contributed by atoms with van der Waals surface area (Å²) in [7, 11) is 0. The highest BCUT2D eigenvalue weighted by atomic mass is 16.6. The number of ether oxygens (including phenoxy) is 1. The molecule has 1 heterocycles. The van der Waals surface area contributed by atoms with Crippen molar-refractivity contribution < 1.29 is 14.3 Å². The molecule has 5 heteroatoms. The van der Waals surface area contributed by atoms with Crippen molar-refractivity contribution in [3.63, 3.8) is 0 Å². The number of carbonyl (C=O) groups excluding carboxylic acids is 2. The summed E-state index contributed by atoms with van der Waals surface area (Å²) < 4.78 is 6.08. The smallest absolute Gasteiger partial charge is 0.306 e. The molecular formula is C25H32N2O3. The molecule has 160 valence electrons. The molecule has 0 amide bonds. The van der Waals surface area contributed by atoms with E-state index in [4.69, 9.17) is 10.5 Å². The third-order valence-electron chi connectivity index (χ3n) is 11.7. The van der Waals surface area contributed by atoms with E-state index in [0.717, 1.165) is 44.2 Å². The van der Waals surface area contributed by atoms with E-state index in [1.807, 2.05) is 0 Å². The number of carbonyl (C=O) groups is 2. The van der Waals surface area contributed by atoms with Gasteiger partial charge in [-0.05, 0) is 67.6 Å². The topological polar surface area (TPSA) is 93.2 Å². The molecule has 2 N–H and O–H groups in total. The lowest BCUT2D eigenvalue weighted by molar-refractivity contribution is -0.210. The standard InChI is InChI=1S/C25H32N2O3/c1-21-10-11-22(2)18(15(21)4-8-25(21)9-6-17(29)30-25)14-12-24(13-26)19(20(14)27)16(28)5-7-23(22,24)3/h14-15,18H,4-12,27H2,1-3H3/t14-,15?,18?,21?,22+,23?,24+,25-/m1/s1. The second-order valence-electron chi connectivity index (χ2n) is 11.9. The Kier molecular flexibility index (Phi) is 3.24. The summed E-state index contributed by atoms with van der Waals surface area (Å²) in [5, 5.41) is 10.5. The normalized spacial score (nSPS) is 56.0. The van der Waals surface area contributed by atoms with E-state index in [-0.39, 0.29) is 39.5 Å². The monoisotopic (exact) mass is 408 g/mol. The molecule has 30 heavy (non-hydrogen) atoms. The Bertz CT molecular complexity index is 979. The lowest BCUT2D eigenvalue weighted by atomic mass is 9.34. The Morgan fingerprint density at radius 3 is 2.43 bits per heavy atom. The van der Waals surface area contributed by atoms with Crippen molar-refractivity contribution in [3.8, 4) is 6.07 Å². The maximum Gasteiger partial charge on any atom is 0.306 e. The predicted octanol–water partition coefficient (Wildman–Crippen LogP) is 4.02. The molecule has 0 aromatic rings. The number of hydrogen-bond acceptors (Lipinski definition) is 5. The Labute approximate surface area is 178 Å². The lowest BCUT2D eigenvalue weighted by Crippen LogP contribution is -2.65. The van der Waals surface area contributed by atoms with E-state index >= 15 is 0 Å². The van der Waals surface area contributed by atoms with E-state index in [0.29, 0.717) is 36.7 Å². The first-order valence-corrected chi connectivity index (χ1v) is 11.8. The van der Waals surface area contributed by atoms with Gasteiger partial charge in [-0.15, -0.1) is 0 Å². The van der Waals surface area contributed by atoms with Gasteiger partial charge in [0.15, 0.2) is 5.78 Å². The van der Waals surface area contributed by atoms with Crippen molar-refractivity contribution in [3.05, 3.63) is 11.3 Å². The second kappa shape index (κ2) is 5.14. The van der Waals surface area contributed by atoms with Crippen molar-refractivity contribution in [2.75, 3.05) is 0 Å². The van der Waals surface area contributed by atoms with E-state index in [2.05, 4.69) is 26.8 Å². The molecular weight excluding hydrogens is 376 g/mol. The molecule has 0 aromatic carbocycles. The molecule has 5 aliphatic carbocycles. The summed E-state index contributed by atoms with van der Waals surface area (Å²) in [6, 6.07) is 2.67. The highest BCUT2D eigenvalue weighted by Gasteiger charge is 2.78. The molecule has 0 radical (unpaired) electrons. The van der Waals surface area contributed by atoms with Crippen LogP contribution in [0.25, 0.3) is 0 Å². The zero-order valence-electron chi connectivity index (χ0n) is 18.3. The third-order valence-corrected chi connectivity index (χ3v) is 11.7. The molecule has 1 aliphatic heterocycles. The van der Waals surface area contributed by atoms with Gasteiger partial charge in [0.25, 0.3) is 0 Å². The first-order valence-electron chi connectivity index (χ1n) is 11.8. The van der Waals surface area contributed by atoms with Crippen molar-refractivity contribution >= 4 is 11.8 Å². The largest absolute Gasteiger partial charge is 0.458 e. The Hall–Kier alpha value is -1.83. The zero-order valence-corrected chi connectivity index (χ0v) is 18.3. The van der Waals surface area contributed by atoms with Crippen LogP contribution < -0.4 is 5.73 Å². The number of allylic oxidation sites excluding steroid dienone is 2. The second-order valence-corrected chi connectivity index (χ2v) is 11.9. The van der Waals surface area contributed by atoms with Gasteiger partial charge < -0.3 is 10.5 Å². The minimum atomic E-state index is -0.730. The van der Waals surface area contributed by atoms with E-state index < -0.39 is 5.41 Å². The highest BCUT2D eigenvalue weighted by Crippen LogP contribution is 2.80. The maximum atomic E-state index is 13.0. The summed E-state index contributed by atoms with van der Waals surface area (Å²) in [5.74, 6) is 0.899. The van der Waals surface area contributed by atoms with Gasteiger partial charge in [0, 0.05) is 35.4 Å². The summed E-state index contributed by atoms with van der Waals surface area (Å²) in [6.45, 7) is 7.04. The average molecular weight is 409 g/mol. The quantitative estimate of drug-likeness (QED) is 0.611. The summed E-state index contributed by atoms with van der Waals surface area (Å²) in [6.07, 6.45) is 7.37. The summed E-state index contributed by atoms with van der Waals surface area (Å²) in [5.41, 5.74) is 6.76. The third kappa shape index (κ3) is 1.62. The Morgan fingerprint density at radius 2 is 1.77 bits per heavy atom. The van der Waals surface area contributed by atoms with Crippen LogP contribution in [-0.4, -0.2) is 17.4 Å². The van der Waals surface area contributed by atoms with Crippen molar-refractivity contribution in [1.82, 2.24) is 0 Å². The highest BCUT2D eigenvalue weighted by molar-refractivity contribution is 6.00. The van der Waals surface area contributed by atoms with Crippen LogP contribution in [0.2, 0.25) is 0 Å². The van der Waals surface area contributed by atoms with Crippen LogP contribution in [0.3, 0.4) is 0 Å². The summed E-state index contributed by atoms with van der Waals surface area (Å²) in [4.78, 5) is 25.1. The van der Waals surface area contributed by atoms with Crippen molar-refractivity contribution in [2.45, 2.75) is 84.2 Å². The predicted molar refractivity (Wildman–Crippen MR) is 109 cm³/mol. The minimum Gasteiger partial charge on any atom is -0.458 e. The van der Waals surface area contributed by atoms with Gasteiger partial charge in [-0.1, -0.05) is 20.8 Å². The van der Waals surface area contributed by atoms with Crippen molar-refractivity contribution in [1.29, 1.82) is 5.26 Å². The fraction of sp³-hybridized carbons (Fsp3) is 0.800. The van der Waals surface area contributed by atoms with Gasteiger partial charge >= 0.3 is 5.97 Å². The SMILES string of the molecule is CC12CC[C@@]3(C)C(C1CC[C@@]21CCC(=O)O1)[C@H]1C[C@]2(C#N)C(=C1N)C(=O)CCC32C. The minimum absolute atomic E-state index is 0.0437. The number of rotatable bonds is 0. The number of fused-ring (bicyclic) bond motifs is 7. The van der Waals surface area contributed by atoms with Crippen LogP contribution in [0.1, 0.15) is 78.6 Å². The van der Waals surface area contributed by atoms with Gasteiger partial charge in [-0.25, -0.2) is 0 Å². The zero-order chi connectivity index (χ0) is 21.3. The number of esters is 1.